The molecule has 1 spiro atoms. The highest BCUT2D eigenvalue weighted by Crippen LogP contribution is 2.40. The van der Waals surface area contributed by atoms with Crippen molar-refractivity contribution in [2.24, 2.45) is 12.5 Å². The molecule has 2 saturated heterocycles. The summed E-state index contributed by atoms with van der Waals surface area (Å²) in [5.74, 6) is 1.09. The van der Waals surface area contributed by atoms with E-state index in [1.807, 2.05) is 32.3 Å². The van der Waals surface area contributed by atoms with Crippen molar-refractivity contribution in [3.63, 3.8) is 0 Å². The highest BCUT2D eigenvalue weighted by molar-refractivity contribution is 6.04. The van der Waals surface area contributed by atoms with E-state index in [0.29, 0.717) is 23.5 Å². The predicted molar refractivity (Wildman–Crippen MR) is 123 cm³/mol. The second-order valence-electron chi connectivity index (χ2n) is 9.05. The molecule has 2 aliphatic rings. The SMILES string of the molecule is CCOc1cc2nn(C)cc2cc1NC(=O)c1cnc(N2CC3(CCCN(C)C3)C2)cn1. The molecule has 2 aliphatic heterocycles. The molecule has 168 valence electrons. The number of ether oxygens (including phenoxy) is 1. The number of hydrogen-bond acceptors (Lipinski definition) is 7. The molecule has 3 aromatic rings. The Balaban J connectivity index is 1.28. The van der Waals surface area contributed by atoms with Crippen LogP contribution in [0.3, 0.4) is 0 Å². The van der Waals surface area contributed by atoms with Gasteiger partial charge in [0.1, 0.15) is 17.3 Å². The van der Waals surface area contributed by atoms with Gasteiger partial charge < -0.3 is 19.9 Å². The van der Waals surface area contributed by atoms with Crippen LogP contribution in [0.5, 0.6) is 5.75 Å². The second-order valence-corrected chi connectivity index (χ2v) is 9.05. The molecule has 9 nitrogen and oxygen atoms in total. The number of benzene rings is 1. The Hall–Kier alpha value is -3.20. The average molecular weight is 436 g/mol. The monoisotopic (exact) mass is 435 g/mol. The number of rotatable bonds is 5. The summed E-state index contributed by atoms with van der Waals surface area (Å²) in [5.41, 5.74) is 2.06. The molecule has 9 heteroatoms. The Morgan fingerprint density at radius 2 is 2.03 bits per heavy atom. The fraction of sp³-hybridized carbons (Fsp3) is 0.478. The van der Waals surface area contributed by atoms with Gasteiger partial charge in [-0.05, 0) is 39.4 Å². The number of amides is 1. The average Bonchev–Trinajstić information content (AvgIpc) is 3.11. The van der Waals surface area contributed by atoms with Gasteiger partial charge in [0.05, 0.1) is 30.2 Å². The van der Waals surface area contributed by atoms with Crippen molar-refractivity contribution in [1.29, 1.82) is 0 Å². The minimum Gasteiger partial charge on any atom is -0.492 e. The van der Waals surface area contributed by atoms with Crippen LogP contribution in [0.15, 0.2) is 30.7 Å². The zero-order valence-electron chi connectivity index (χ0n) is 18.8. The minimum absolute atomic E-state index is 0.273. The van der Waals surface area contributed by atoms with E-state index in [1.165, 1.54) is 19.4 Å². The maximum absolute atomic E-state index is 12.8. The lowest BCUT2D eigenvalue weighted by Crippen LogP contribution is -2.62. The third kappa shape index (κ3) is 3.88. The molecule has 32 heavy (non-hydrogen) atoms. The number of fused-ring (bicyclic) bond motifs is 1. The minimum atomic E-state index is -0.317. The molecule has 1 aromatic carbocycles. The van der Waals surface area contributed by atoms with Crippen molar-refractivity contribution >= 4 is 28.3 Å². The molecule has 0 atom stereocenters. The van der Waals surface area contributed by atoms with Crippen LogP contribution < -0.4 is 15.0 Å². The maximum atomic E-state index is 12.8. The van der Waals surface area contributed by atoms with Gasteiger partial charge in [-0.2, -0.15) is 5.10 Å². The van der Waals surface area contributed by atoms with Gasteiger partial charge in [-0.25, -0.2) is 9.97 Å². The Kier molecular flexibility index (Phi) is 5.21. The smallest absolute Gasteiger partial charge is 0.275 e. The number of carbonyl (C=O) groups is 1. The summed E-state index contributed by atoms with van der Waals surface area (Å²) in [6, 6.07) is 3.71. The fourth-order valence-corrected chi connectivity index (χ4v) is 4.97. The van der Waals surface area contributed by atoms with Crippen LogP contribution in [0.1, 0.15) is 30.3 Å². The summed E-state index contributed by atoms with van der Waals surface area (Å²) in [4.78, 5) is 26.4. The van der Waals surface area contributed by atoms with Crippen LogP contribution >= 0.6 is 0 Å². The van der Waals surface area contributed by atoms with Crippen LogP contribution in [0.2, 0.25) is 0 Å². The molecule has 2 aromatic heterocycles. The van der Waals surface area contributed by atoms with Gasteiger partial charge in [0.2, 0.25) is 0 Å². The van der Waals surface area contributed by atoms with E-state index in [1.54, 1.807) is 17.1 Å². The van der Waals surface area contributed by atoms with Gasteiger partial charge >= 0.3 is 0 Å². The lowest BCUT2D eigenvalue weighted by molar-refractivity contribution is 0.0777. The quantitative estimate of drug-likeness (QED) is 0.659. The largest absolute Gasteiger partial charge is 0.492 e. The highest BCUT2D eigenvalue weighted by atomic mass is 16.5. The standard InChI is InChI=1S/C23H29N7O2/c1-4-32-20-9-17-16(12-29(3)27-17)8-18(20)26-22(31)19-10-25-21(11-24-19)30-14-23(15-30)6-5-7-28(2)13-23/h8-12H,4-7,13-15H2,1-3H3,(H,26,31). The fourth-order valence-electron chi connectivity index (χ4n) is 4.97. The van der Waals surface area contributed by atoms with Gasteiger partial charge in [-0.15, -0.1) is 0 Å². The van der Waals surface area contributed by atoms with Crippen molar-refractivity contribution in [1.82, 2.24) is 24.6 Å². The summed E-state index contributed by atoms with van der Waals surface area (Å²) < 4.78 is 7.45. The molecule has 0 saturated carbocycles. The predicted octanol–water partition coefficient (Wildman–Crippen LogP) is 2.55. The molecule has 1 amide bonds. The number of piperidine rings is 1. The third-order valence-electron chi connectivity index (χ3n) is 6.37. The first kappa shape index (κ1) is 20.7. The number of nitrogens with one attached hydrogen (secondary N) is 1. The van der Waals surface area contributed by atoms with Crippen molar-refractivity contribution in [3.8, 4) is 5.75 Å². The van der Waals surface area contributed by atoms with Crippen LogP contribution in [0.4, 0.5) is 11.5 Å². The van der Waals surface area contributed by atoms with Crippen molar-refractivity contribution < 1.29 is 9.53 Å². The number of aromatic nitrogens is 4. The van der Waals surface area contributed by atoms with E-state index < -0.39 is 0 Å². The summed E-state index contributed by atoms with van der Waals surface area (Å²) in [5, 5.41) is 8.25. The summed E-state index contributed by atoms with van der Waals surface area (Å²) in [6.45, 7) is 6.72. The van der Waals surface area contributed by atoms with Crippen LogP contribution in [0, 0.1) is 5.41 Å². The van der Waals surface area contributed by atoms with Gasteiger partial charge in [-0.1, -0.05) is 0 Å². The molecule has 0 unspecified atom stereocenters. The first-order valence-corrected chi connectivity index (χ1v) is 11.1. The Morgan fingerprint density at radius 3 is 2.75 bits per heavy atom. The molecule has 5 rings (SSSR count). The molecular weight excluding hydrogens is 406 g/mol. The van der Waals surface area contributed by atoms with E-state index in [-0.39, 0.29) is 11.6 Å². The van der Waals surface area contributed by atoms with Crippen LogP contribution in [-0.4, -0.2) is 70.4 Å². The number of nitrogens with zero attached hydrogens (tertiary/aromatic N) is 6. The van der Waals surface area contributed by atoms with E-state index in [2.05, 4.69) is 37.2 Å². The van der Waals surface area contributed by atoms with Gasteiger partial charge in [0.25, 0.3) is 5.91 Å². The summed E-state index contributed by atoms with van der Waals surface area (Å²) in [6.07, 6.45) is 7.67. The van der Waals surface area contributed by atoms with E-state index >= 15 is 0 Å². The Morgan fingerprint density at radius 1 is 1.19 bits per heavy atom. The number of likely N-dealkylation sites (tertiary alicyclic amines) is 1. The van der Waals surface area contributed by atoms with E-state index in [9.17, 15) is 4.79 Å². The molecular formula is C23H29N7O2. The maximum Gasteiger partial charge on any atom is 0.275 e. The van der Waals surface area contributed by atoms with Gasteiger partial charge in [-0.3, -0.25) is 9.48 Å². The Labute approximate surface area is 187 Å². The lowest BCUT2D eigenvalue weighted by Gasteiger charge is -2.54. The Bertz CT molecular complexity index is 1140. The summed E-state index contributed by atoms with van der Waals surface area (Å²) in [7, 11) is 4.06. The normalized spacial score (nSPS) is 18.0. The summed E-state index contributed by atoms with van der Waals surface area (Å²) >= 11 is 0. The van der Waals surface area contributed by atoms with Crippen LogP contribution in [-0.2, 0) is 7.05 Å². The highest BCUT2D eigenvalue weighted by Gasteiger charge is 2.45. The van der Waals surface area contributed by atoms with E-state index in [4.69, 9.17) is 4.74 Å². The zero-order chi connectivity index (χ0) is 22.3. The van der Waals surface area contributed by atoms with Crippen LogP contribution in [0.25, 0.3) is 10.9 Å². The number of hydrogen-bond donors (Lipinski definition) is 1. The first-order chi connectivity index (χ1) is 15.4. The third-order valence-corrected chi connectivity index (χ3v) is 6.37. The molecule has 1 N–H and O–H groups in total. The zero-order valence-corrected chi connectivity index (χ0v) is 18.8. The van der Waals surface area contributed by atoms with Gasteiger partial charge in [0.15, 0.2) is 0 Å². The molecule has 2 fully saturated rings. The van der Waals surface area contributed by atoms with E-state index in [0.717, 1.165) is 36.4 Å². The lowest BCUT2D eigenvalue weighted by atomic mass is 9.73. The number of carbonyl (C=O) groups excluding carboxylic acids is 1. The number of anilines is 2. The van der Waals surface area contributed by atoms with Crippen molar-refractivity contribution in [2.45, 2.75) is 19.8 Å². The molecule has 0 radical (unpaired) electrons. The second kappa shape index (κ2) is 8.05. The first-order valence-electron chi connectivity index (χ1n) is 11.1. The molecule has 4 heterocycles. The van der Waals surface area contributed by atoms with Crippen molar-refractivity contribution in [2.75, 3.05) is 50.1 Å². The van der Waals surface area contributed by atoms with Crippen molar-refractivity contribution in [3.05, 3.63) is 36.4 Å². The molecule has 0 bridgehead atoms. The molecule has 0 aliphatic carbocycles. The topological polar surface area (TPSA) is 88.4 Å². The van der Waals surface area contributed by atoms with Gasteiger partial charge in [0, 0.05) is 49.7 Å². The number of aryl methyl sites for hydroxylation is 1.